The van der Waals surface area contributed by atoms with Gasteiger partial charge in [0.2, 0.25) is 11.7 Å². The molecule has 0 aliphatic carbocycles. The summed E-state index contributed by atoms with van der Waals surface area (Å²) >= 11 is 3.37. The number of aromatic nitrogens is 4. The van der Waals surface area contributed by atoms with Crippen LogP contribution in [0, 0.1) is 0 Å². The molecule has 0 bridgehead atoms. The Morgan fingerprint density at radius 3 is 2.79 bits per heavy atom. The molecule has 2 aromatic carbocycles. The summed E-state index contributed by atoms with van der Waals surface area (Å²) in [4.78, 5) is 21.4. The van der Waals surface area contributed by atoms with Gasteiger partial charge in [-0.05, 0) is 30.3 Å². The Balaban J connectivity index is 1.67. The Kier molecular flexibility index (Phi) is 4.82. The normalized spacial score (nSPS) is 11.0. The molecule has 0 saturated carbocycles. The van der Waals surface area contributed by atoms with E-state index >= 15 is 0 Å². The van der Waals surface area contributed by atoms with Crippen molar-refractivity contribution in [2.24, 2.45) is 0 Å². The van der Waals surface area contributed by atoms with Gasteiger partial charge in [0.15, 0.2) is 0 Å². The number of ether oxygens (including phenoxy) is 2. The number of benzene rings is 2. The monoisotopic (exact) mass is 442 g/mol. The molecule has 0 N–H and O–H groups in total. The van der Waals surface area contributed by atoms with Crippen molar-refractivity contribution < 1.29 is 14.0 Å². The van der Waals surface area contributed by atoms with Crippen molar-refractivity contribution in [1.29, 1.82) is 0 Å². The van der Waals surface area contributed by atoms with Gasteiger partial charge in [-0.15, -0.1) is 0 Å². The maximum absolute atomic E-state index is 12.7. The van der Waals surface area contributed by atoms with Gasteiger partial charge in [0, 0.05) is 10.5 Å². The molecule has 4 rings (SSSR count). The third-order valence-electron chi connectivity index (χ3n) is 4.21. The molecule has 0 atom stereocenters. The highest BCUT2D eigenvalue weighted by Crippen LogP contribution is 2.31. The van der Waals surface area contributed by atoms with Crippen molar-refractivity contribution in [2.75, 3.05) is 14.2 Å². The second kappa shape index (κ2) is 7.43. The molecular weight excluding hydrogens is 428 g/mol. The van der Waals surface area contributed by atoms with Crippen LogP contribution in [-0.2, 0) is 6.54 Å². The molecule has 0 amide bonds. The standard InChI is InChI=1S/C19H15BrN4O4/c1-26-12-4-5-13(16(8-12)27-2)18-22-17(28-23-18)9-24-10-21-15-6-3-11(20)7-14(15)19(24)25/h3-8,10H,9H2,1-2H3. The molecule has 0 saturated heterocycles. The van der Waals surface area contributed by atoms with Gasteiger partial charge in [-0.3, -0.25) is 9.36 Å². The van der Waals surface area contributed by atoms with Gasteiger partial charge in [-0.25, -0.2) is 4.98 Å². The zero-order chi connectivity index (χ0) is 19.7. The van der Waals surface area contributed by atoms with Crippen molar-refractivity contribution in [2.45, 2.75) is 6.54 Å². The molecule has 9 heteroatoms. The van der Waals surface area contributed by atoms with Crippen LogP contribution in [0.1, 0.15) is 5.89 Å². The van der Waals surface area contributed by atoms with E-state index in [4.69, 9.17) is 14.0 Å². The fourth-order valence-electron chi connectivity index (χ4n) is 2.80. The van der Waals surface area contributed by atoms with E-state index in [1.165, 1.54) is 10.9 Å². The molecule has 8 nitrogen and oxygen atoms in total. The van der Waals surface area contributed by atoms with Crippen LogP contribution in [0.4, 0.5) is 0 Å². The fraction of sp³-hybridized carbons (Fsp3) is 0.158. The summed E-state index contributed by atoms with van der Waals surface area (Å²) in [5, 5.41) is 4.51. The molecule has 0 radical (unpaired) electrons. The van der Waals surface area contributed by atoms with Crippen LogP contribution in [-0.4, -0.2) is 33.9 Å². The van der Waals surface area contributed by atoms with E-state index in [2.05, 4.69) is 31.1 Å². The first kappa shape index (κ1) is 18.2. The van der Waals surface area contributed by atoms with Crippen LogP contribution in [0.25, 0.3) is 22.3 Å². The highest BCUT2D eigenvalue weighted by atomic mass is 79.9. The summed E-state index contributed by atoms with van der Waals surface area (Å²) in [6.07, 6.45) is 1.47. The van der Waals surface area contributed by atoms with Gasteiger partial charge in [0.05, 0.1) is 37.0 Å². The van der Waals surface area contributed by atoms with E-state index in [1.54, 1.807) is 44.6 Å². The van der Waals surface area contributed by atoms with Crippen LogP contribution in [0.5, 0.6) is 11.5 Å². The number of fused-ring (bicyclic) bond motifs is 1. The van der Waals surface area contributed by atoms with Crippen molar-refractivity contribution in [3.63, 3.8) is 0 Å². The average Bonchev–Trinajstić information content (AvgIpc) is 3.18. The summed E-state index contributed by atoms with van der Waals surface area (Å²) in [5.74, 6) is 1.86. The quantitative estimate of drug-likeness (QED) is 0.468. The van der Waals surface area contributed by atoms with Crippen molar-refractivity contribution >= 4 is 26.8 Å². The number of rotatable bonds is 5. The predicted octanol–water partition coefficient (Wildman–Crippen LogP) is 3.27. The van der Waals surface area contributed by atoms with Crippen molar-refractivity contribution in [3.05, 3.63) is 63.4 Å². The lowest BCUT2D eigenvalue weighted by atomic mass is 10.2. The van der Waals surface area contributed by atoms with Crippen LogP contribution in [0.2, 0.25) is 0 Å². The summed E-state index contributed by atoms with van der Waals surface area (Å²) in [5.41, 5.74) is 1.10. The average molecular weight is 443 g/mol. The molecular formula is C19H15BrN4O4. The van der Waals surface area contributed by atoms with E-state index in [-0.39, 0.29) is 18.0 Å². The Hall–Kier alpha value is -3.20. The number of hydrogen-bond donors (Lipinski definition) is 0. The molecule has 2 aromatic heterocycles. The summed E-state index contributed by atoms with van der Waals surface area (Å²) in [6, 6.07) is 10.7. The second-order valence-corrected chi connectivity index (χ2v) is 6.83. The van der Waals surface area contributed by atoms with Crippen molar-refractivity contribution in [1.82, 2.24) is 19.7 Å². The summed E-state index contributed by atoms with van der Waals surface area (Å²) in [7, 11) is 3.13. The van der Waals surface area contributed by atoms with Crippen LogP contribution >= 0.6 is 15.9 Å². The van der Waals surface area contributed by atoms with E-state index in [0.29, 0.717) is 33.8 Å². The first-order chi connectivity index (χ1) is 13.6. The minimum absolute atomic E-state index is 0.111. The number of methoxy groups -OCH3 is 2. The SMILES string of the molecule is COc1ccc(-c2noc(Cn3cnc4ccc(Br)cc4c3=O)n2)c(OC)c1. The minimum Gasteiger partial charge on any atom is -0.497 e. The highest BCUT2D eigenvalue weighted by molar-refractivity contribution is 9.10. The third-order valence-corrected chi connectivity index (χ3v) is 4.70. The van der Waals surface area contributed by atoms with Gasteiger partial charge < -0.3 is 14.0 Å². The predicted molar refractivity (Wildman–Crippen MR) is 106 cm³/mol. The molecule has 0 spiro atoms. The van der Waals surface area contributed by atoms with Gasteiger partial charge in [0.1, 0.15) is 18.0 Å². The first-order valence-corrected chi connectivity index (χ1v) is 9.08. The summed E-state index contributed by atoms with van der Waals surface area (Å²) in [6.45, 7) is 0.111. The van der Waals surface area contributed by atoms with E-state index < -0.39 is 0 Å². The Morgan fingerprint density at radius 1 is 1.14 bits per heavy atom. The first-order valence-electron chi connectivity index (χ1n) is 8.28. The molecule has 0 fully saturated rings. The zero-order valence-corrected chi connectivity index (χ0v) is 16.6. The zero-order valence-electron chi connectivity index (χ0n) is 15.0. The Labute approximate surface area is 167 Å². The molecule has 142 valence electrons. The molecule has 0 aliphatic heterocycles. The largest absolute Gasteiger partial charge is 0.497 e. The minimum atomic E-state index is -0.187. The second-order valence-electron chi connectivity index (χ2n) is 5.92. The lowest BCUT2D eigenvalue weighted by molar-refractivity contribution is 0.369. The number of halogens is 1. The van der Waals surface area contributed by atoms with Gasteiger partial charge >= 0.3 is 0 Å². The third kappa shape index (κ3) is 3.36. The van der Waals surface area contributed by atoms with E-state index in [1.807, 2.05) is 6.07 Å². The smallest absolute Gasteiger partial charge is 0.261 e. The Morgan fingerprint density at radius 2 is 2.00 bits per heavy atom. The maximum atomic E-state index is 12.7. The lowest BCUT2D eigenvalue weighted by Gasteiger charge is -2.07. The number of nitrogens with zero attached hydrogens (tertiary/aromatic N) is 4. The number of hydrogen-bond acceptors (Lipinski definition) is 7. The van der Waals surface area contributed by atoms with Crippen LogP contribution in [0.15, 0.2) is 56.5 Å². The molecule has 28 heavy (non-hydrogen) atoms. The van der Waals surface area contributed by atoms with Gasteiger partial charge in [0.25, 0.3) is 5.56 Å². The van der Waals surface area contributed by atoms with E-state index in [9.17, 15) is 4.79 Å². The summed E-state index contributed by atoms with van der Waals surface area (Å²) < 4.78 is 18.1. The van der Waals surface area contributed by atoms with Gasteiger partial charge in [-0.2, -0.15) is 4.98 Å². The molecule has 0 aliphatic rings. The van der Waals surface area contributed by atoms with Crippen LogP contribution < -0.4 is 15.0 Å². The topological polar surface area (TPSA) is 92.3 Å². The van der Waals surface area contributed by atoms with E-state index in [0.717, 1.165) is 4.47 Å². The molecule has 0 unspecified atom stereocenters. The molecule has 4 aromatic rings. The highest BCUT2D eigenvalue weighted by Gasteiger charge is 2.15. The van der Waals surface area contributed by atoms with Crippen molar-refractivity contribution in [3.8, 4) is 22.9 Å². The van der Waals surface area contributed by atoms with Crippen LogP contribution in [0.3, 0.4) is 0 Å². The lowest BCUT2D eigenvalue weighted by Crippen LogP contribution is -2.21. The Bertz CT molecular complexity index is 1220. The molecule has 2 heterocycles. The van der Waals surface area contributed by atoms with Gasteiger partial charge in [-0.1, -0.05) is 21.1 Å². The maximum Gasteiger partial charge on any atom is 0.261 e. The fourth-order valence-corrected chi connectivity index (χ4v) is 3.16.